The SMILES string of the molecule is O=C1NC(=O)C(C=C2C=CC=CC2=O)C(=O)N1. The number of carbonyl (C=O) groups is 4. The van der Waals surface area contributed by atoms with Gasteiger partial charge in [-0.3, -0.25) is 25.0 Å². The van der Waals surface area contributed by atoms with Gasteiger partial charge in [0.25, 0.3) is 0 Å². The van der Waals surface area contributed by atoms with E-state index in [1.165, 1.54) is 18.2 Å². The van der Waals surface area contributed by atoms with Crippen LogP contribution < -0.4 is 10.6 Å². The van der Waals surface area contributed by atoms with Crippen molar-refractivity contribution < 1.29 is 19.2 Å². The quantitative estimate of drug-likeness (QED) is 0.475. The zero-order valence-corrected chi connectivity index (χ0v) is 8.60. The summed E-state index contributed by atoms with van der Waals surface area (Å²) in [6.07, 6.45) is 7.25. The van der Waals surface area contributed by atoms with Gasteiger partial charge in [-0.1, -0.05) is 24.3 Å². The summed E-state index contributed by atoms with van der Waals surface area (Å²) in [6, 6.07) is -0.847. The molecule has 17 heavy (non-hydrogen) atoms. The molecule has 0 radical (unpaired) electrons. The van der Waals surface area contributed by atoms with Crippen molar-refractivity contribution in [3.8, 4) is 0 Å². The molecule has 1 fully saturated rings. The third-order valence-electron chi connectivity index (χ3n) is 2.30. The molecule has 86 valence electrons. The Kier molecular flexibility index (Phi) is 2.70. The van der Waals surface area contributed by atoms with E-state index in [1.54, 1.807) is 12.2 Å². The van der Waals surface area contributed by atoms with Crippen LogP contribution in [0.1, 0.15) is 0 Å². The molecule has 0 spiro atoms. The molecule has 4 amide bonds. The third kappa shape index (κ3) is 2.20. The maximum absolute atomic E-state index is 11.4. The lowest BCUT2D eigenvalue weighted by Crippen LogP contribution is -2.55. The maximum Gasteiger partial charge on any atom is 0.328 e. The Balaban J connectivity index is 2.26. The fourth-order valence-electron chi connectivity index (χ4n) is 1.48. The van der Waals surface area contributed by atoms with E-state index in [4.69, 9.17) is 0 Å². The minimum atomic E-state index is -1.16. The maximum atomic E-state index is 11.4. The summed E-state index contributed by atoms with van der Waals surface area (Å²) in [7, 11) is 0. The summed E-state index contributed by atoms with van der Waals surface area (Å²) >= 11 is 0. The van der Waals surface area contributed by atoms with Gasteiger partial charge in [0.05, 0.1) is 0 Å². The third-order valence-corrected chi connectivity index (χ3v) is 2.30. The van der Waals surface area contributed by atoms with Crippen molar-refractivity contribution >= 4 is 23.6 Å². The number of amides is 4. The summed E-state index contributed by atoms with van der Waals surface area (Å²) < 4.78 is 0. The first-order valence-corrected chi connectivity index (χ1v) is 4.84. The molecule has 6 heteroatoms. The van der Waals surface area contributed by atoms with Crippen molar-refractivity contribution in [1.82, 2.24) is 10.6 Å². The lowest BCUT2D eigenvalue weighted by molar-refractivity contribution is -0.133. The van der Waals surface area contributed by atoms with Crippen LogP contribution in [0.5, 0.6) is 0 Å². The first-order valence-electron chi connectivity index (χ1n) is 4.84. The summed E-state index contributed by atoms with van der Waals surface area (Å²) in [5, 5.41) is 3.91. The molecule has 1 aliphatic carbocycles. The monoisotopic (exact) mass is 232 g/mol. The first-order chi connectivity index (χ1) is 8.08. The zero-order chi connectivity index (χ0) is 12.4. The van der Waals surface area contributed by atoms with Crippen molar-refractivity contribution in [3.63, 3.8) is 0 Å². The van der Waals surface area contributed by atoms with E-state index < -0.39 is 23.8 Å². The van der Waals surface area contributed by atoms with E-state index in [2.05, 4.69) is 0 Å². The summed E-state index contributed by atoms with van der Waals surface area (Å²) in [5.41, 5.74) is 0.247. The Morgan fingerprint density at radius 1 is 0.941 bits per heavy atom. The number of allylic oxidation sites excluding steroid dienone is 5. The van der Waals surface area contributed by atoms with Gasteiger partial charge < -0.3 is 0 Å². The topological polar surface area (TPSA) is 92.3 Å². The fraction of sp³-hybridized carbons (Fsp3) is 0.0909. The second-order valence-corrected chi connectivity index (χ2v) is 3.49. The standard InChI is InChI=1S/C11H8N2O4/c14-8-4-2-1-3-6(8)5-7-9(15)12-11(17)13-10(7)16/h1-5,7H,(H2,12,13,15,16,17). The van der Waals surface area contributed by atoms with Crippen LogP contribution in [0.4, 0.5) is 4.79 Å². The number of ketones is 1. The summed E-state index contributed by atoms with van der Waals surface area (Å²) in [4.78, 5) is 45.0. The normalized spacial score (nSPS) is 22.9. The molecule has 1 saturated heterocycles. The molecule has 1 aliphatic heterocycles. The van der Waals surface area contributed by atoms with Gasteiger partial charge in [0, 0.05) is 5.57 Å². The second-order valence-electron chi connectivity index (χ2n) is 3.49. The average Bonchev–Trinajstić information content (AvgIpc) is 2.25. The van der Waals surface area contributed by atoms with Crippen LogP contribution in [0.15, 0.2) is 36.0 Å². The minimum absolute atomic E-state index is 0.247. The van der Waals surface area contributed by atoms with Crippen LogP contribution in [-0.2, 0) is 14.4 Å². The zero-order valence-electron chi connectivity index (χ0n) is 8.60. The van der Waals surface area contributed by atoms with Crippen LogP contribution in [0.25, 0.3) is 0 Å². The van der Waals surface area contributed by atoms with E-state index >= 15 is 0 Å². The molecule has 0 bridgehead atoms. The summed E-state index contributed by atoms with van der Waals surface area (Å²) in [6.45, 7) is 0. The molecule has 1 heterocycles. The number of barbiturate groups is 1. The van der Waals surface area contributed by atoms with E-state index in [0.717, 1.165) is 0 Å². The summed E-state index contributed by atoms with van der Waals surface area (Å²) in [5.74, 6) is -2.92. The van der Waals surface area contributed by atoms with Crippen LogP contribution in [0, 0.1) is 5.92 Å². The Labute approximate surface area is 96.1 Å². The number of carbonyl (C=O) groups excluding carboxylic acids is 4. The molecule has 2 N–H and O–H groups in total. The second kappa shape index (κ2) is 4.17. The Bertz CT molecular complexity index is 494. The van der Waals surface area contributed by atoms with E-state index in [-0.39, 0.29) is 11.4 Å². The largest absolute Gasteiger partial charge is 0.328 e. The van der Waals surface area contributed by atoms with Gasteiger partial charge in [-0.05, 0) is 6.08 Å². The molecule has 0 atom stereocenters. The van der Waals surface area contributed by atoms with Gasteiger partial charge in [0.1, 0.15) is 5.92 Å². The van der Waals surface area contributed by atoms with Crippen LogP contribution in [0.3, 0.4) is 0 Å². The highest BCUT2D eigenvalue weighted by molar-refractivity contribution is 6.18. The van der Waals surface area contributed by atoms with Crippen molar-refractivity contribution in [2.45, 2.75) is 0 Å². The highest BCUT2D eigenvalue weighted by Crippen LogP contribution is 2.12. The van der Waals surface area contributed by atoms with Gasteiger partial charge in [0.2, 0.25) is 11.8 Å². The Morgan fingerprint density at radius 3 is 2.12 bits per heavy atom. The highest BCUT2D eigenvalue weighted by atomic mass is 16.2. The van der Waals surface area contributed by atoms with E-state index in [9.17, 15) is 19.2 Å². The number of hydrogen-bond acceptors (Lipinski definition) is 4. The number of imide groups is 2. The molecular formula is C11H8N2O4. The van der Waals surface area contributed by atoms with Crippen molar-refractivity contribution in [2.75, 3.05) is 0 Å². The lowest BCUT2D eigenvalue weighted by Gasteiger charge is -2.18. The molecule has 0 aromatic rings. The number of hydrogen-bond donors (Lipinski definition) is 2. The smallest absolute Gasteiger partial charge is 0.289 e. The minimum Gasteiger partial charge on any atom is -0.289 e. The van der Waals surface area contributed by atoms with Crippen molar-refractivity contribution in [1.29, 1.82) is 0 Å². The van der Waals surface area contributed by atoms with Gasteiger partial charge in [-0.25, -0.2) is 4.79 Å². The predicted octanol–water partition coefficient (Wildman–Crippen LogP) is -0.410. The van der Waals surface area contributed by atoms with Crippen LogP contribution in [-0.4, -0.2) is 23.6 Å². The molecule has 0 aromatic carbocycles. The van der Waals surface area contributed by atoms with E-state index in [1.807, 2.05) is 10.6 Å². The van der Waals surface area contributed by atoms with E-state index in [0.29, 0.717) is 0 Å². The fourth-order valence-corrected chi connectivity index (χ4v) is 1.48. The number of nitrogens with one attached hydrogen (secondary N) is 2. The molecule has 0 aromatic heterocycles. The molecule has 2 aliphatic rings. The lowest BCUT2D eigenvalue weighted by atomic mass is 9.98. The predicted molar refractivity (Wildman–Crippen MR) is 56.5 cm³/mol. The average molecular weight is 232 g/mol. The molecule has 6 nitrogen and oxygen atoms in total. The van der Waals surface area contributed by atoms with Gasteiger partial charge in [-0.15, -0.1) is 0 Å². The molecule has 0 unspecified atom stereocenters. The Morgan fingerprint density at radius 2 is 1.53 bits per heavy atom. The Hall–Kier alpha value is -2.50. The molecule has 2 rings (SSSR count). The van der Waals surface area contributed by atoms with Crippen LogP contribution >= 0.6 is 0 Å². The van der Waals surface area contributed by atoms with Crippen molar-refractivity contribution in [2.24, 2.45) is 5.92 Å². The van der Waals surface area contributed by atoms with Gasteiger partial charge in [0.15, 0.2) is 5.78 Å². The highest BCUT2D eigenvalue weighted by Gasteiger charge is 2.33. The first kappa shape index (κ1) is 11.0. The van der Waals surface area contributed by atoms with Gasteiger partial charge >= 0.3 is 6.03 Å². The molecular weight excluding hydrogens is 224 g/mol. The van der Waals surface area contributed by atoms with Crippen molar-refractivity contribution in [3.05, 3.63) is 36.0 Å². The number of urea groups is 1. The molecule has 0 saturated carbocycles. The van der Waals surface area contributed by atoms with Gasteiger partial charge in [-0.2, -0.15) is 0 Å². The van der Waals surface area contributed by atoms with Crippen LogP contribution in [0.2, 0.25) is 0 Å². The number of rotatable bonds is 1.